The first-order valence-corrected chi connectivity index (χ1v) is 12.8. The first kappa shape index (κ1) is 22.9. The molecule has 33 heavy (non-hydrogen) atoms. The molecular formula is C24H24N4O3S2. The number of carbonyl (C=O) groups excluding carboxylic acids is 1. The number of hydrogen-bond acceptors (Lipinski definition) is 5. The Morgan fingerprint density at radius 3 is 2.52 bits per heavy atom. The lowest BCUT2D eigenvalue weighted by atomic mass is 10.2. The Hall–Kier alpha value is -3.27. The highest BCUT2D eigenvalue weighted by atomic mass is 32.2. The molecule has 2 heterocycles. The Balaban J connectivity index is 1.36. The smallest absolute Gasteiger partial charge is 0.253 e. The average molecular weight is 481 g/mol. The van der Waals surface area contributed by atoms with Gasteiger partial charge in [-0.1, -0.05) is 24.3 Å². The van der Waals surface area contributed by atoms with Gasteiger partial charge in [-0.05, 0) is 54.3 Å². The maximum Gasteiger partial charge on any atom is 0.253 e. The number of thiophene rings is 1. The van der Waals surface area contributed by atoms with Gasteiger partial charge >= 0.3 is 0 Å². The Labute approximate surface area is 197 Å². The monoisotopic (exact) mass is 480 g/mol. The molecule has 170 valence electrons. The van der Waals surface area contributed by atoms with E-state index in [1.165, 1.54) is 12.1 Å². The molecule has 0 atom stereocenters. The standard InChI is InChI=1S/C24H24N4O3S2/c1-27(17-19-16-25-28(18-19)21-6-3-2-4-7-21)24(29)20-9-11-23(12-10-20)33(30,31)26-14-13-22-8-5-15-32-22/h2-12,15-16,18,26H,13-14,17H2,1H3. The minimum absolute atomic E-state index is 0.136. The van der Waals surface area contributed by atoms with E-state index >= 15 is 0 Å². The maximum absolute atomic E-state index is 12.8. The predicted molar refractivity (Wildman–Crippen MR) is 129 cm³/mol. The molecule has 1 N–H and O–H groups in total. The summed E-state index contributed by atoms with van der Waals surface area (Å²) in [6.45, 7) is 0.707. The van der Waals surface area contributed by atoms with Crippen molar-refractivity contribution >= 4 is 27.3 Å². The molecule has 0 saturated heterocycles. The number of amides is 1. The second-order valence-corrected chi connectivity index (χ2v) is 10.3. The fraction of sp³-hybridized carbons (Fsp3) is 0.167. The Bertz CT molecular complexity index is 1300. The average Bonchev–Trinajstić information content (AvgIpc) is 3.51. The fourth-order valence-electron chi connectivity index (χ4n) is 3.35. The highest BCUT2D eigenvalue weighted by Gasteiger charge is 2.17. The van der Waals surface area contributed by atoms with Crippen LogP contribution in [0.3, 0.4) is 0 Å². The topological polar surface area (TPSA) is 84.3 Å². The van der Waals surface area contributed by atoms with Crippen molar-refractivity contribution < 1.29 is 13.2 Å². The Morgan fingerprint density at radius 2 is 1.82 bits per heavy atom. The molecule has 2 aromatic heterocycles. The number of benzene rings is 2. The van der Waals surface area contributed by atoms with Crippen LogP contribution in [0.2, 0.25) is 0 Å². The SMILES string of the molecule is CN(Cc1cnn(-c2ccccc2)c1)C(=O)c1ccc(S(=O)(=O)NCCc2cccs2)cc1. The molecular weight excluding hydrogens is 456 g/mol. The maximum atomic E-state index is 12.8. The lowest BCUT2D eigenvalue weighted by molar-refractivity contribution is 0.0785. The molecule has 0 aliphatic carbocycles. The van der Waals surface area contributed by atoms with E-state index in [0.29, 0.717) is 25.1 Å². The van der Waals surface area contributed by atoms with Gasteiger partial charge in [-0.15, -0.1) is 11.3 Å². The van der Waals surface area contributed by atoms with Crippen LogP contribution < -0.4 is 4.72 Å². The number of hydrogen-bond donors (Lipinski definition) is 1. The van der Waals surface area contributed by atoms with E-state index in [4.69, 9.17) is 0 Å². The summed E-state index contributed by atoms with van der Waals surface area (Å²) in [4.78, 5) is 15.7. The van der Waals surface area contributed by atoms with Crippen molar-refractivity contribution in [3.05, 3.63) is 101 Å². The number of rotatable bonds is 9. The van der Waals surface area contributed by atoms with Crippen molar-refractivity contribution in [1.29, 1.82) is 0 Å². The van der Waals surface area contributed by atoms with Crippen molar-refractivity contribution in [2.24, 2.45) is 0 Å². The number of para-hydroxylation sites is 1. The summed E-state index contributed by atoms with van der Waals surface area (Å²) in [5.74, 6) is -0.197. The Kier molecular flexibility index (Phi) is 7.02. The molecule has 9 heteroatoms. The first-order chi connectivity index (χ1) is 15.9. The summed E-state index contributed by atoms with van der Waals surface area (Å²) in [7, 11) is -1.92. The molecule has 4 rings (SSSR count). The summed E-state index contributed by atoms with van der Waals surface area (Å²) in [6.07, 6.45) is 4.25. The normalized spacial score (nSPS) is 11.4. The molecule has 1 amide bonds. The largest absolute Gasteiger partial charge is 0.337 e. The lowest BCUT2D eigenvalue weighted by Crippen LogP contribution is -2.27. The van der Waals surface area contributed by atoms with Crippen LogP contribution in [0.5, 0.6) is 0 Å². The number of sulfonamides is 1. The zero-order valence-corrected chi connectivity index (χ0v) is 19.7. The van der Waals surface area contributed by atoms with Gasteiger partial charge in [0.25, 0.3) is 5.91 Å². The van der Waals surface area contributed by atoms with Crippen molar-refractivity contribution in [2.45, 2.75) is 17.9 Å². The van der Waals surface area contributed by atoms with Crippen LogP contribution in [0.4, 0.5) is 0 Å². The molecule has 4 aromatic rings. The van der Waals surface area contributed by atoms with E-state index < -0.39 is 10.0 Å². The van der Waals surface area contributed by atoms with E-state index in [1.807, 2.05) is 54.0 Å². The molecule has 7 nitrogen and oxygen atoms in total. The van der Waals surface area contributed by atoms with E-state index in [0.717, 1.165) is 16.1 Å². The summed E-state index contributed by atoms with van der Waals surface area (Å²) >= 11 is 1.60. The quantitative estimate of drug-likeness (QED) is 0.396. The number of nitrogens with zero attached hydrogens (tertiary/aromatic N) is 3. The third-order valence-electron chi connectivity index (χ3n) is 5.08. The highest BCUT2D eigenvalue weighted by Crippen LogP contribution is 2.15. The van der Waals surface area contributed by atoms with Crippen molar-refractivity contribution in [2.75, 3.05) is 13.6 Å². The van der Waals surface area contributed by atoms with Gasteiger partial charge in [-0.2, -0.15) is 5.10 Å². The van der Waals surface area contributed by atoms with Gasteiger partial charge in [0.05, 0.1) is 16.8 Å². The van der Waals surface area contributed by atoms with Gasteiger partial charge in [0, 0.05) is 42.3 Å². The van der Waals surface area contributed by atoms with Gasteiger partial charge < -0.3 is 4.90 Å². The van der Waals surface area contributed by atoms with Crippen LogP contribution in [0.1, 0.15) is 20.8 Å². The molecule has 0 saturated carbocycles. The Morgan fingerprint density at radius 1 is 1.06 bits per heavy atom. The first-order valence-electron chi connectivity index (χ1n) is 10.4. The second-order valence-electron chi connectivity index (χ2n) is 7.54. The van der Waals surface area contributed by atoms with Gasteiger partial charge in [0.1, 0.15) is 0 Å². The number of carbonyl (C=O) groups is 1. The fourth-order valence-corrected chi connectivity index (χ4v) is 5.09. The third-order valence-corrected chi connectivity index (χ3v) is 7.49. The molecule has 0 fully saturated rings. The van der Waals surface area contributed by atoms with E-state index in [1.54, 1.807) is 46.3 Å². The summed E-state index contributed by atoms with van der Waals surface area (Å²) < 4.78 is 29.4. The molecule has 0 aliphatic rings. The van der Waals surface area contributed by atoms with Gasteiger partial charge in [0.15, 0.2) is 0 Å². The highest BCUT2D eigenvalue weighted by molar-refractivity contribution is 7.89. The molecule has 2 aromatic carbocycles. The van der Waals surface area contributed by atoms with E-state index in [2.05, 4.69) is 9.82 Å². The van der Waals surface area contributed by atoms with Crippen molar-refractivity contribution in [3.8, 4) is 5.69 Å². The minimum atomic E-state index is -3.63. The van der Waals surface area contributed by atoms with Gasteiger partial charge in [-0.3, -0.25) is 4.79 Å². The number of nitrogens with one attached hydrogen (secondary N) is 1. The van der Waals surface area contributed by atoms with Crippen LogP contribution in [-0.2, 0) is 23.0 Å². The zero-order valence-electron chi connectivity index (χ0n) is 18.1. The van der Waals surface area contributed by atoms with Crippen molar-refractivity contribution in [3.63, 3.8) is 0 Å². The molecule has 0 aliphatic heterocycles. The predicted octanol–water partition coefficient (Wildman–Crippen LogP) is 3.73. The molecule has 0 spiro atoms. The van der Waals surface area contributed by atoms with Crippen LogP contribution in [-0.4, -0.2) is 42.6 Å². The second kappa shape index (κ2) is 10.1. The zero-order chi connectivity index (χ0) is 23.3. The van der Waals surface area contributed by atoms with E-state index in [9.17, 15) is 13.2 Å². The minimum Gasteiger partial charge on any atom is -0.337 e. The van der Waals surface area contributed by atoms with Gasteiger partial charge in [-0.25, -0.2) is 17.8 Å². The molecule has 0 bridgehead atoms. The van der Waals surface area contributed by atoms with Crippen molar-refractivity contribution in [1.82, 2.24) is 19.4 Å². The third kappa shape index (κ3) is 5.75. The van der Waals surface area contributed by atoms with E-state index in [-0.39, 0.29) is 10.8 Å². The van der Waals surface area contributed by atoms with Crippen LogP contribution in [0.25, 0.3) is 5.69 Å². The number of aromatic nitrogens is 2. The lowest BCUT2D eigenvalue weighted by Gasteiger charge is -2.16. The summed E-state index contributed by atoms with van der Waals surface area (Å²) in [5.41, 5.74) is 2.26. The van der Waals surface area contributed by atoms with Gasteiger partial charge in [0.2, 0.25) is 10.0 Å². The summed E-state index contributed by atoms with van der Waals surface area (Å²) in [6, 6.07) is 19.7. The van der Waals surface area contributed by atoms with Crippen LogP contribution in [0.15, 0.2) is 89.4 Å². The molecule has 0 unspecified atom stereocenters. The van der Waals surface area contributed by atoms with Crippen LogP contribution in [0, 0.1) is 0 Å². The van der Waals surface area contributed by atoms with Crippen LogP contribution >= 0.6 is 11.3 Å². The summed E-state index contributed by atoms with van der Waals surface area (Å²) in [5, 5.41) is 6.32. The molecule has 0 radical (unpaired) electrons.